The maximum atomic E-state index is 2.88. The van der Waals surface area contributed by atoms with Crippen LogP contribution in [0, 0.1) is 75.9 Å². The minimum atomic E-state index is -1.67. The number of fused-ring (bicyclic) bond motifs is 2. The molecule has 6 aliphatic carbocycles. The Balaban J connectivity index is 1.27. The monoisotopic (exact) mass is 639 g/mol. The highest BCUT2D eigenvalue weighted by atomic mass is 28.3. The molecule has 0 saturated heterocycles. The molecule has 0 radical (unpaired) electrons. The molecule has 0 aromatic rings. The van der Waals surface area contributed by atoms with Crippen LogP contribution in [0.2, 0.25) is 24.2 Å². The van der Waals surface area contributed by atoms with Crippen molar-refractivity contribution < 1.29 is 0 Å². The van der Waals surface area contributed by atoms with Crippen molar-refractivity contribution >= 4 is 8.07 Å². The summed E-state index contributed by atoms with van der Waals surface area (Å²) in [4.78, 5) is 0. The molecule has 0 aromatic heterocycles. The van der Waals surface area contributed by atoms with Crippen molar-refractivity contribution in [2.24, 2.45) is 75.9 Å². The SMILES string of the molecule is CC1=CC2C(CC(C)C2[Si](C)(C)C2C3C=CC[C@H](C4=CC[C@@H](C(C)(C)C)C=C4)C3CC2C(C)C)[C@@H](C2=CC[C@@H](C(C)(C)C)C=C2)C1. The number of hydrogen-bond donors (Lipinski definition) is 0. The summed E-state index contributed by atoms with van der Waals surface area (Å²) in [7, 11) is -1.67. The highest BCUT2D eigenvalue weighted by Gasteiger charge is 2.60. The molecule has 6 aliphatic rings. The van der Waals surface area contributed by atoms with Crippen LogP contribution in [0.5, 0.6) is 0 Å². The maximum Gasteiger partial charge on any atom is 0.0553 e. The zero-order valence-corrected chi connectivity index (χ0v) is 32.9. The lowest BCUT2D eigenvalue weighted by Gasteiger charge is -2.48. The average Bonchev–Trinajstić information content (AvgIpc) is 3.54. The summed E-state index contributed by atoms with van der Waals surface area (Å²) in [5.41, 5.74) is 7.52. The van der Waals surface area contributed by atoms with Gasteiger partial charge in [0.15, 0.2) is 0 Å². The van der Waals surface area contributed by atoms with Crippen LogP contribution >= 0.6 is 0 Å². The molecule has 0 amide bonds. The largest absolute Gasteiger partial charge is 0.0876 e. The molecule has 0 heterocycles. The van der Waals surface area contributed by atoms with E-state index in [-0.39, 0.29) is 0 Å². The van der Waals surface area contributed by atoms with Crippen LogP contribution in [0.25, 0.3) is 0 Å². The summed E-state index contributed by atoms with van der Waals surface area (Å²) >= 11 is 0. The fraction of sp³-hybridized carbons (Fsp3) is 0.733. The van der Waals surface area contributed by atoms with Crippen molar-refractivity contribution in [2.75, 3.05) is 0 Å². The van der Waals surface area contributed by atoms with Gasteiger partial charge in [-0.15, -0.1) is 0 Å². The molecule has 0 bridgehead atoms. The van der Waals surface area contributed by atoms with Gasteiger partial charge in [0, 0.05) is 0 Å². The lowest BCUT2D eigenvalue weighted by molar-refractivity contribution is 0.283. The van der Waals surface area contributed by atoms with Gasteiger partial charge in [0.1, 0.15) is 0 Å². The van der Waals surface area contributed by atoms with Gasteiger partial charge in [-0.1, -0.05) is 136 Å². The molecule has 2 saturated carbocycles. The predicted octanol–water partition coefficient (Wildman–Crippen LogP) is 13.3. The van der Waals surface area contributed by atoms with E-state index < -0.39 is 8.07 Å². The zero-order valence-electron chi connectivity index (χ0n) is 31.9. The van der Waals surface area contributed by atoms with Crippen LogP contribution in [0.15, 0.2) is 71.4 Å². The van der Waals surface area contributed by atoms with Crippen molar-refractivity contribution in [1.82, 2.24) is 0 Å². The highest BCUT2D eigenvalue weighted by Crippen LogP contribution is 2.66. The molecule has 0 aliphatic heterocycles. The predicted molar refractivity (Wildman–Crippen MR) is 204 cm³/mol. The van der Waals surface area contributed by atoms with Crippen LogP contribution < -0.4 is 0 Å². The van der Waals surface area contributed by atoms with Crippen LogP contribution in [0.3, 0.4) is 0 Å². The van der Waals surface area contributed by atoms with E-state index in [0.717, 1.165) is 64.3 Å². The normalized spacial score (nSPS) is 41.3. The van der Waals surface area contributed by atoms with Crippen LogP contribution in [0.1, 0.15) is 108 Å². The Morgan fingerprint density at radius 1 is 0.717 bits per heavy atom. The van der Waals surface area contributed by atoms with Gasteiger partial charge in [-0.25, -0.2) is 0 Å². The van der Waals surface area contributed by atoms with Crippen molar-refractivity contribution in [3.05, 3.63) is 71.4 Å². The minimum Gasteiger partial charge on any atom is -0.0876 e. The first-order valence-electron chi connectivity index (χ1n) is 19.6. The lowest BCUT2D eigenvalue weighted by Crippen LogP contribution is -2.47. The molecule has 254 valence electrons. The Labute approximate surface area is 286 Å². The molecule has 0 spiro atoms. The van der Waals surface area contributed by atoms with Crippen molar-refractivity contribution in [1.29, 1.82) is 0 Å². The Kier molecular flexibility index (Phi) is 9.39. The maximum absolute atomic E-state index is 2.88. The Hall–Kier alpha value is -1.34. The Morgan fingerprint density at radius 2 is 1.28 bits per heavy atom. The molecular weight excluding hydrogens is 569 g/mol. The number of hydrogen-bond acceptors (Lipinski definition) is 0. The summed E-state index contributed by atoms with van der Waals surface area (Å²) in [6.45, 7) is 30.5. The van der Waals surface area contributed by atoms with E-state index in [2.05, 4.69) is 137 Å². The topological polar surface area (TPSA) is 0 Å². The molecule has 8 unspecified atom stereocenters. The first-order valence-corrected chi connectivity index (χ1v) is 22.7. The number of rotatable bonds is 5. The lowest BCUT2D eigenvalue weighted by atomic mass is 9.69. The third-order valence-electron chi connectivity index (χ3n) is 14.8. The Bertz CT molecular complexity index is 1310. The summed E-state index contributed by atoms with van der Waals surface area (Å²) in [6, 6.07) is 0. The van der Waals surface area contributed by atoms with Gasteiger partial charge in [0.2, 0.25) is 0 Å². The summed E-state index contributed by atoms with van der Waals surface area (Å²) in [5, 5.41) is 0. The summed E-state index contributed by atoms with van der Waals surface area (Å²) in [6.07, 6.45) is 31.7. The first-order chi connectivity index (χ1) is 21.5. The second kappa shape index (κ2) is 12.5. The van der Waals surface area contributed by atoms with E-state index in [1.54, 1.807) is 16.7 Å². The van der Waals surface area contributed by atoms with Gasteiger partial charge < -0.3 is 0 Å². The quantitative estimate of drug-likeness (QED) is 0.208. The fourth-order valence-corrected chi connectivity index (χ4v) is 18.8. The molecule has 1 heteroatoms. The van der Waals surface area contributed by atoms with Gasteiger partial charge >= 0.3 is 0 Å². The summed E-state index contributed by atoms with van der Waals surface area (Å²) in [5.74, 6) is 8.47. The molecule has 0 aromatic carbocycles. The van der Waals surface area contributed by atoms with E-state index in [0.29, 0.717) is 22.7 Å². The van der Waals surface area contributed by atoms with Gasteiger partial charge in [-0.2, -0.15) is 0 Å². The third-order valence-corrected chi connectivity index (χ3v) is 20.0. The molecular formula is C45H70Si. The third kappa shape index (κ3) is 6.27. The minimum absolute atomic E-state index is 0.351. The van der Waals surface area contributed by atoms with E-state index in [9.17, 15) is 0 Å². The van der Waals surface area contributed by atoms with Gasteiger partial charge in [0.05, 0.1) is 8.07 Å². The van der Waals surface area contributed by atoms with E-state index in [1.165, 1.54) is 38.5 Å². The average molecular weight is 639 g/mol. The smallest absolute Gasteiger partial charge is 0.0553 e. The molecule has 6 rings (SSSR count). The second-order valence-electron chi connectivity index (χ2n) is 20.3. The van der Waals surface area contributed by atoms with E-state index in [1.807, 2.05) is 0 Å². The van der Waals surface area contributed by atoms with Crippen LogP contribution in [-0.2, 0) is 0 Å². The fourth-order valence-electron chi connectivity index (χ4n) is 12.4. The molecule has 2 fully saturated rings. The highest BCUT2D eigenvalue weighted by molar-refractivity contribution is 6.80. The second-order valence-corrected chi connectivity index (χ2v) is 25.3. The van der Waals surface area contributed by atoms with Crippen LogP contribution in [-0.4, -0.2) is 8.07 Å². The van der Waals surface area contributed by atoms with Crippen LogP contribution in [0.4, 0.5) is 0 Å². The van der Waals surface area contributed by atoms with Gasteiger partial charge in [-0.3, -0.25) is 0 Å². The zero-order chi connectivity index (χ0) is 33.3. The molecule has 0 N–H and O–H groups in total. The van der Waals surface area contributed by atoms with Crippen molar-refractivity contribution in [2.45, 2.75) is 132 Å². The van der Waals surface area contributed by atoms with Gasteiger partial charge in [0.25, 0.3) is 0 Å². The van der Waals surface area contributed by atoms with Gasteiger partial charge in [-0.05, 0) is 144 Å². The van der Waals surface area contributed by atoms with E-state index >= 15 is 0 Å². The van der Waals surface area contributed by atoms with Crippen molar-refractivity contribution in [3.63, 3.8) is 0 Å². The molecule has 0 nitrogen and oxygen atoms in total. The molecule has 12 atom stereocenters. The Morgan fingerprint density at radius 3 is 1.80 bits per heavy atom. The molecule has 46 heavy (non-hydrogen) atoms. The summed E-state index contributed by atoms with van der Waals surface area (Å²) < 4.78 is 0. The standard InChI is InChI=1S/C45H70Si/c1-28(2)37-27-40-35(31-16-20-33(21-17-31)44(5,6)7)14-13-15-36(40)43(37)46(11,12)42-30(4)26-39-38(24-29(3)25-41(39)42)32-18-22-34(23-19-32)45(8,9)10/h13,15-20,22,25,28,30,33-43H,14,21,23-24,26-27H2,1-12H3/t30?,33-,34-,35+,36?,37?,38+,39?,40?,41?,42?,43?/m0/s1. The number of allylic oxidation sites excluding steroid dienone is 12. The van der Waals surface area contributed by atoms with E-state index in [4.69, 9.17) is 0 Å². The first kappa shape index (κ1) is 34.5. The van der Waals surface area contributed by atoms with Crippen molar-refractivity contribution in [3.8, 4) is 0 Å².